The van der Waals surface area contributed by atoms with Crippen LogP contribution in [-0.4, -0.2) is 50.0 Å². The zero-order valence-corrected chi connectivity index (χ0v) is 12.6. The Morgan fingerprint density at radius 2 is 2.10 bits per heavy atom. The molecule has 4 nitrogen and oxygen atoms in total. The van der Waals surface area contributed by atoms with Gasteiger partial charge in [0.25, 0.3) is 0 Å². The summed E-state index contributed by atoms with van der Waals surface area (Å²) in [7, 11) is 5.63. The Hall–Kier alpha value is -1.55. The third-order valence-corrected chi connectivity index (χ3v) is 3.93. The number of piperidine rings is 1. The molecule has 2 rings (SSSR count). The van der Waals surface area contributed by atoms with Crippen LogP contribution in [0.5, 0.6) is 5.75 Å². The third kappa shape index (κ3) is 3.73. The number of rotatable bonds is 4. The van der Waals surface area contributed by atoms with Crippen LogP contribution in [0.2, 0.25) is 0 Å². The molecule has 110 valence electrons. The van der Waals surface area contributed by atoms with Crippen LogP contribution in [0.15, 0.2) is 24.3 Å². The molecule has 20 heavy (non-hydrogen) atoms. The lowest BCUT2D eigenvalue weighted by atomic mass is 9.97. The van der Waals surface area contributed by atoms with Gasteiger partial charge in [0.15, 0.2) is 0 Å². The lowest BCUT2D eigenvalue weighted by molar-refractivity contribution is -0.136. The van der Waals surface area contributed by atoms with Crippen molar-refractivity contribution in [3.05, 3.63) is 29.8 Å². The fourth-order valence-corrected chi connectivity index (χ4v) is 2.76. The number of nitrogens with zero attached hydrogens (tertiary/aromatic N) is 2. The zero-order chi connectivity index (χ0) is 14.5. The van der Waals surface area contributed by atoms with Gasteiger partial charge in [-0.1, -0.05) is 12.1 Å². The second-order valence-corrected chi connectivity index (χ2v) is 5.64. The lowest BCUT2D eigenvalue weighted by Gasteiger charge is -2.31. The number of hydrogen-bond donors (Lipinski definition) is 0. The quantitative estimate of drug-likeness (QED) is 0.843. The van der Waals surface area contributed by atoms with Gasteiger partial charge >= 0.3 is 0 Å². The van der Waals surface area contributed by atoms with Crippen molar-refractivity contribution >= 4 is 5.91 Å². The van der Waals surface area contributed by atoms with E-state index < -0.39 is 0 Å². The maximum absolute atomic E-state index is 12.4. The second-order valence-electron chi connectivity index (χ2n) is 5.64. The molecule has 1 unspecified atom stereocenters. The van der Waals surface area contributed by atoms with E-state index in [0.29, 0.717) is 6.54 Å². The van der Waals surface area contributed by atoms with Crippen molar-refractivity contribution in [2.24, 2.45) is 5.92 Å². The molecular formula is C16H24N2O2. The van der Waals surface area contributed by atoms with E-state index in [0.717, 1.165) is 37.2 Å². The molecule has 0 aromatic heterocycles. The van der Waals surface area contributed by atoms with Gasteiger partial charge in [0.2, 0.25) is 5.91 Å². The van der Waals surface area contributed by atoms with Crippen molar-refractivity contribution in [1.82, 2.24) is 9.80 Å². The number of ether oxygens (including phenoxy) is 1. The predicted octanol–water partition coefficient (Wildman–Crippen LogP) is 2.00. The molecule has 1 fully saturated rings. The molecule has 0 radical (unpaired) electrons. The molecule has 1 amide bonds. The van der Waals surface area contributed by atoms with Crippen molar-refractivity contribution in [1.29, 1.82) is 0 Å². The number of methoxy groups -OCH3 is 1. The summed E-state index contributed by atoms with van der Waals surface area (Å²) >= 11 is 0. The van der Waals surface area contributed by atoms with Gasteiger partial charge in [0.1, 0.15) is 5.75 Å². The van der Waals surface area contributed by atoms with Crippen LogP contribution in [0.25, 0.3) is 0 Å². The summed E-state index contributed by atoms with van der Waals surface area (Å²) in [5, 5.41) is 0. The summed E-state index contributed by atoms with van der Waals surface area (Å²) in [6.07, 6.45) is 2.12. The highest BCUT2D eigenvalue weighted by Crippen LogP contribution is 2.19. The molecule has 4 heteroatoms. The molecule has 0 aliphatic carbocycles. The second kappa shape index (κ2) is 6.75. The Bertz CT molecular complexity index is 444. The molecule has 1 aromatic carbocycles. The molecule has 1 aliphatic heterocycles. The minimum absolute atomic E-state index is 0.150. The number of amides is 1. The molecule has 1 aromatic rings. The largest absolute Gasteiger partial charge is 0.497 e. The molecule has 1 saturated heterocycles. The van der Waals surface area contributed by atoms with Gasteiger partial charge in [-0.05, 0) is 44.1 Å². The predicted molar refractivity (Wildman–Crippen MR) is 79.7 cm³/mol. The van der Waals surface area contributed by atoms with Gasteiger partial charge in [-0.2, -0.15) is 0 Å². The Labute approximate surface area is 121 Å². The summed E-state index contributed by atoms with van der Waals surface area (Å²) in [6.45, 7) is 2.64. The number of likely N-dealkylation sites (tertiary alicyclic amines) is 1. The average Bonchev–Trinajstić information content (AvgIpc) is 2.47. The third-order valence-electron chi connectivity index (χ3n) is 3.93. The normalized spacial score (nSPS) is 19.6. The Balaban J connectivity index is 1.92. The van der Waals surface area contributed by atoms with Crippen LogP contribution in [-0.2, 0) is 11.3 Å². The Kier molecular flexibility index (Phi) is 5.01. The summed E-state index contributed by atoms with van der Waals surface area (Å²) in [4.78, 5) is 16.5. The average molecular weight is 276 g/mol. The van der Waals surface area contributed by atoms with Crippen molar-refractivity contribution in [2.45, 2.75) is 19.4 Å². The topological polar surface area (TPSA) is 32.8 Å². The van der Waals surface area contributed by atoms with Crippen LogP contribution in [0, 0.1) is 5.92 Å². The first-order chi connectivity index (χ1) is 9.60. The van der Waals surface area contributed by atoms with Crippen molar-refractivity contribution in [3.8, 4) is 5.75 Å². The molecule has 0 saturated carbocycles. The van der Waals surface area contributed by atoms with E-state index in [2.05, 4.69) is 11.9 Å². The zero-order valence-electron chi connectivity index (χ0n) is 12.6. The first-order valence-corrected chi connectivity index (χ1v) is 7.16. The van der Waals surface area contributed by atoms with Gasteiger partial charge < -0.3 is 14.5 Å². The first kappa shape index (κ1) is 14.9. The van der Waals surface area contributed by atoms with Crippen LogP contribution < -0.4 is 4.74 Å². The maximum Gasteiger partial charge on any atom is 0.227 e. The smallest absolute Gasteiger partial charge is 0.227 e. The standard InChI is InChI=1S/C16H24N2O2/c1-17-10-4-5-14(12-17)16(19)18(2)11-13-6-8-15(20-3)9-7-13/h6-9,14H,4-5,10-12H2,1-3H3. The summed E-state index contributed by atoms with van der Waals surface area (Å²) in [6, 6.07) is 7.88. The highest BCUT2D eigenvalue weighted by Gasteiger charge is 2.26. The lowest BCUT2D eigenvalue weighted by Crippen LogP contribution is -2.41. The molecule has 0 bridgehead atoms. The number of carbonyl (C=O) groups excluding carboxylic acids is 1. The van der Waals surface area contributed by atoms with Crippen LogP contribution >= 0.6 is 0 Å². The summed E-state index contributed by atoms with van der Waals surface area (Å²) in [5.41, 5.74) is 1.13. The number of carbonyl (C=O) groups is 1. The van der Waals surface area contributed by atoms with E-state index in [1.165, 1.54) is 0 Å². The van der Waals surface area contributed by atoms with Gasteiger partial charge in [-0.15, -0.1) is 0 Å². The van der Waals surface area contributed by atoms with Crippen LogP contribution in [0.4, 0.5) is 0 Å². The molecule has 1 heterocycles. The van der Waals surface area contributed by atoms with E-state index in [9.17, 15) is 4.79 Å². The molecule has 1 aliphatic rings. The van der Waals surface area contributed by atoms with E-state index >= 15 is 0 Å². The first-order valence-electron chi connectivity index (χ1n) is 7.16. The van der Waals surface area contributed by atoms with Crippen molar-refractivity contribution < 1.29 is 9.53 Å². The van der Waals surface area contributed by atoms with Crippen molar-refractivity contribution in [3.63, 3.8) is 0 Å². The van der Waals surface area contributed by atoms with Gasteiger partial charge in [0.05, 0.1) is 13.0 Å². The minimum atomic E-state index is 0.150. The minimum Gasteiger partial charge on any atom is -0.497 e. The number of hydrogen-bond acceptors (Lipinski definition) is 3. The fourth-order valence-electron chi connectivity index (χ4n) is 2.76. The van der Waals surface area contributed by atoms with E-state index in [4.69, 9.17) is 4.74 Å². The Morgan fingerprint density at radius 1 is 1.40 bits per heavy atom. The van der Waals surface area contributed by atoms with Gasteiger partial charge in [-0.3, -0.25) is 4.79 Å². The van der Waals surface area contributed by atoms with Crippen LogP contribution in [0.1, 0.15) is 18.4 Å². The monoisotopic (exact) mass is 276 g/mol. The molecule has 1 atom stereocenters. The molecule has 0 spiro atoms. The Morgan fingerprint density at radius 3 is 2.70 bits per heavy atom. The van der Waals surface area contributed by atoms with Crippen molar-refractivity contribution in [2.75, 3.05) is 34.3 Å². The highest BCUT2D eigenvalue weighted by atomic mass is 16.5. The summed E-state index contributed by atoms with van der Waals surface area (Å²) in [5.74, 6) is 1.25. The van der Waals surface area contributed by atoms with E-state index in [-0.39, 0.29) is 11.8 Å². The number of benzene rings is 1. The molecular weight excluding hydrogens is 252 g/mol. The SMILES string of the molecule is COc1ccc(CN(C)C(=O)C2CCCN(C)C2)cc1. The molecule has 0 N–H and O–H groups in total. The summed E-state index contributed by atoms with van der Waals surface area (Å²) < 4.78 is 5.14. The highest BCUT2D eigenvalue weighted by molar-refractivity contribution is 5.78. The van der Waals surface area contributed by atoms with Crippen LogP contribution in [0.3, 0.4) is 0 Å². The van der Waals surface area contributed by atoms with Gasteiger partial charge in [0, 0.05) is 20.1 Å². The maximum atomic E-state index is 12.4. The van der Waals surface area contributed by atoms with E-state index in [1.54, 1.807) is 7.11 Å². The van der Waals surface area contributed by atoms with E-state index in [1.807, 2.05) is 36.2 Å². The van der Waals surface area contributed by atoms with Gasteiger partial charge in [-0.25, -0.2) is 0 Å². The fraction of sp³-hybridized carbons (Fsp3) is 0.562.